The first kappa shape index (κ1) is 17.9. The first-order chi connectivity index (χ1) is 12.0. The number of hydrogen-bond donors (Lipinski definition) is 1. The number of carbonyl (C=O) groups excluding carboxylic acids is 1. The number of halogens is 1. The molecule has 0 unspecified atom stereocenters. The zero-order valence-corrected chi connectivity index (χ0v) is 16.2. The summed E-state index contributed by atoms with van der Waals surface area (Å²) >= 11 is 3.41. The number of carbonyl (C=O) groups is 1. The standard InChI is InChI=1S/C19H23BrN4O/c1-14-4-3-5-17(15(14)2)22-19(25)13-23-8-10-24(11-9-23)18-7-6-16(20)12-21-18/h3-7,12H,8-11,13H2,1-2H3,(H,22,25). The van der Waals surface area contributed by atoms with Crippen LogP contribution in [0.15, 0.2) is 41.0 Å². The first-order valence-electron chi connectivity index (χ1n) is 8.48. The summed E-state index contributed by atoms with van der Waals surface area (Å²) in [6, 6.07) is 10.0. The zero-order valence-electron chi connectivity index (χ0n) is 14.6. The van der Waals surface area contributed by atoms with Gasteiger partial charge in [-0.05, 0) is 59.1 Å². The van der Waals surface area contributed by atoms with Crippen molar-refractivity contribution in [1.29, 1.82) is 0 Å². The fourth-order valence-corrected chi connectivity index (χ4v) is 3.20. The lowest BCUT2D eigenvalue weighted by molar-refractivity contribution is -0.117. The summed E-state index contributed by atoms with van der Waals surface area (Å²) in [6.45, 7) is 8.00. The predicted molar refractivity (Wildman–Crippen MR) is 105 cm³/mol. The Balaban J connectivity index is 1.51. The lowest BCUT2D eigenvalue weighted by Gasteiger charge is -2.35. The molecule has 132 valence electrons. The highest BCUT2D eigenvalue weighted by Gasteiger charge is 2.20. The molecule has 1 aliphatic heterocycles. The van der Waals surface area contributed by atoms with Crippen molar-refractivity contribution in [3.05, 3.63) is 52.1 Å². The van der Waals surface area contributed by atoms with Crippen LogP contribution < -0.4 is 10.2 Å². The van der Waals surface area contributed by atoms with Crippen LogP contribution in [0, 0.1) is 13.8 Å². The number of nitrogens with zero attached hydrogens (tertiary/aromatic N) is 3. The Bertz CT molecular complexity index is 740. The second kappa shape index (κ2) is 7.97. The summed E-state index contributed by atoms with van der Waals surface area (Å²) in [5.41, 5.74) is 3.22. The molecular weight excluding hydrogens is 380 g/mol. The van der Waals surface area contributed by atoms with Crippen molar-refractivity contribution in [2.75, 3.05) is 42.9 Å². The van der Waals surface area contributed by atoms with E-state index in [-0.39, 0.29) is 5.91 Å². The van der Waals surface area contributed by atoms with Crippen LogP contribution in [0.2, 0.25) is 0 Å². The van der Waals surface area contributed by atoms with E-state index in [1.54, 1.807) is 0 Å². The van der Waals surface area contributed by atoms with Crippen LogP contribution >= 0.6 is 15.9 Å². The number of benzene rings is 1. The topological polar surface area (TPSA) is 48.5 Å². The molecule has 0 bridgehead atoms. The van der Waals surface area contributed by atoms with E-state index in [0.717, 1.165) is 47.7 Å². The second-order valence-electron chi connectivity index (χ2n) is 6.39. The maximum atomic E-state index is 12.3. The molecular formula is C19H23BrN4O. The van der Waals surface area contributed by atoms with Crippen molar-refractivity contribution in [3.63, 3.8) is 0 Å². The Morgan fingerprint density at radius 2 is 1.92 bits per heavy atom. The number of hydrogen-bond acceptors (Lipinski definition) is 4. The molecule has 25 heavy (non-hydrogen) atoms. The van der Waals surface area contributed by atoms with Crippen LogP contribution in [-0.2, 0) is 4.79 Å². The number of amides is 1. The fraction of sp³-hybridized carbons (Fsp3) is 0.368. The first-order valence-corrected chi connectivity index (χ1v) is 9.27. The summed E-state index contributed by atoms with van der Waals surface area (Å²) in [6.07, 6.45) is 1.82. The van der Waals surface area contributed by atoms with E-state index >= 15 is 0 Å². The highest BCUT2D eigenvalue weighted by molar-refractivity contribution is 9.10. The molecule has 0 spiro atoms. The number of anilines is 2. The van der Waals surface area contributed by atoms with E-state index in [1.807, 2.05) is 37.4 Å². The largest absolute Gasteiger partial charge is 0.354 e. The number of nitrogens with one attached hydrogen (secondary N) is 1. The SMILES string of the molecule is Cc1cccc(NC(=O)CN2CCN(c3ccc(Br)cn3)CC2)c1C. The molecule has 1 aromatic heterocycles. The number of rotatable bonds is 4. The van der Waals surface area contributed by atoms with E-state index in [9.17, 15) is 4.79 Å². The van der Waals surface area contributed by atoms with Crippen molar-refractivity contribution >= 4 is 33.3 Å². The summed E-state index contributed by atoms with van der Waals surface area (Å²) in [7, 11) is 0. The average Bonchev–Trinajstić information content (AvgIpc) is 2.60. The van der Waals surface area contributed by atoms with Gasteiger partial charge in [-0.1, -0.05) is 12.1 Å². The summed E-state index contributed by atoms with van der Waals surface area (Å²) in [5, 5.41) is 3.04. The Hall–Kier alpha value is -1.92. The highest BCUT2D eigenvalue weighted by atomic mass is 79.9. The van der Waals surface area contributed by atoms with Crippen LogP contribution in [0.25, 0.3) is 0 Å². The highest BCUT2D eigenvalue weighted by Crippen LogP contribution is 2.19. The summed E-state index contributed by atoms with van der Waals surface area (Å²) in [5.74, 6) is 1.03. The van der Waals surface area contributed by atoms with E-state index in [2.05, 4.69) is 49.0 Å². The molecule has 0 aliphatic carbocycles. The molecule has 3 rings (SSSR count). The van der Waals surface area contributed by atoms with Gasteiger partial charge in [0, 0.05) is 42.5 Å². The Morgan fingerprint density at radius 3 is 2.60 bits per heavy atom. The van der Waals surface area contributed by atoms with Crippen molar-refractivity contribution in [2.24, 2.45) is 0 Å². The van der Waals surface area contributed by atoms with E-state index < -0.39 is 0 Å². The van der Waals surface area contributed by atoms with Crippen LogP contribution in [-0.4, -0.2) is 48.5 Å². The maximum Gasteiger partial charge on any atom is 0.238 e. The van der Waals surface area contributed by atoms with E-state index in [1.165, 1.54) is 5.56 Å². The number of pyridine rings is 1. The third kappa shape index (κ3) is 4.58. The molecule has 6 heteroatoms. The van der Waals surface area contributed by atoms with E-state index in [4.69, 9.17) is 0 Å². The second-order valence-corrected chi connectivity index (χ2v) is 7.31. The van der Waals surface area contributed by atoms with Gasteiger partial charge in [-0.3, -0.25) is 9.69 Å². The molecule has 1 N–H and O–H groups in total. The molecule has 1 aromatic carbocycles. The average molecular weight is 403 g/mol. The number of aryl methyl sites for hydroxylation is 1. The minimum Gasteiger partial charge on any atom is -0.354 e. The molecule has 1 aliphatic rings. The van der Waals surface area contributed by atoms with Gasteiger partial charge < -0.3 is 10.2 Å². The fourth-order valence-electron chi connectivity index (χ4n) is 2.97. The quantitative estimate of drug-likeness (QED) is 0.852. The van der Waals surface area contributed by atoms with Gasteiger partial charge in [0.1, 0.15) is 5.82 Å². The van der Waals surface area contributed by atoms with Gasteiger partial charge in [0.25, 0.3) is 0 Å². The molecule has 2 heterocycles. The van der Waals surface area contributed by atoms with Crippen molar-refractivity contribution in [2.45, 2.75) is 13.8 Å². The van der Waals surface area contributed by atoms with Gasteiger partial charge >= 0.3 is 0 Å². The monoisotopic (exact) mass is 402 g/mol. The number of aromatic nitrogens is 1. The van der Waals surface area contributed by atoms with Crippen molar-refractivity contribution < 1.29 is 4.79 Å². The normalized spacial score (nSPS) is 15.2. The van der Waals surface area contributed by atoms with Crippen LogP contribution in [0.1, 0.15) is 11.1 Å². The molecule has 0 saturated carbocycles. The minimum absolute atomic E-state index is 0.0453. The molecule has 1 saturated heterocycles. The Morgan fingerprint density at radius 1 is 1.16 bits per heavy atom. The van der Waals surface area contributed by atoms with Gasteiger partial charge in [-0.2, -0.15) is 0 Å². The molecule has 0 radical (unpaired) electrons. The van der Waals surface area contributed by atoms with Gasteiger partial charge in [-0.15, -0.1) is 0 Å². The predicted octanol–water partition coefficient (Wildman–Crippen LogP) is 3.22. The van der Waals surface area contributed by atoms with Gasteiger partial charge in [0.15, 0.2) is 0 Å². The van der Waals surface area contributed by atoms with Gasteiger partial charge in [0.05, 0.1) is 6.54 Å². The Kier molecular flexibility index (Phi) is 5.71. The van der Waals surface area contributed by atoms with Crippen molar-refractivity contribution in [1.82, 2.24) is 9.88 Å². The van der Waals surface area contributed by atoms with Gasteiger partial charge in [-0.25, -0.2) is 4.98 Å². The smallest absolute Gasteiger partial charge is 0.238 e. The molecule has 0 atom stereocenters. The summed E-state index contributed by atoms with van der Waals surface area (Å²) < 4.78 is 0.984. The molecule has 1 amide bonds. The third-order valence-corrected chi connectivity index (χ3v) is 5.12. The summed E-state index contributed by atoms with van der Waals surface area (Å²) in [4.78, 5) is 21.2. The minimum atomic E-state index is 0.0453. The van der Waals surface area contributed by atoms with Crippen LogP contribution in [0.4, 0.5) is 11.5 Å². The van der Waals surface area contributed by atoms with Crippen LogP contribution in [0.3, 0.4) is 0 Å². The lowest BCUT2D eigenvalue weighted by atomic mass is 10.1. The van der Waals surface area contributed by atoms with Crippen LogP contribution in [0.5, 0.6) is 0 Å². The number of piperazine rings is 1. The third-order valence-electron chi connectivity index (χ3n) is 4.65. The Labute approximate surface area is 157 Å². The van der Waals surface area contributed by atoms with Gasteiger partial charge in [0.2, 0.25) is 5.91 Å². The lowest BCUT2D eigenvalue weighted by Crippen LogP contribution is -2.48. The molecule has 5 nitrogen and oxygen atoms in total. The van der Waals surface area contributed by atoms with E-state index in [0.29, 0.717) is 6.54 Å². The zero-order chi connectivity index (χ0) is 17.8. The molecule has 1 fully saturated rings. The maximum absolute atomic E-state index is 12.3. The molecule has 2 aromatic rings. The van der Waals surface area contributed by atoms with Crippen molar-refractivity contribution in [3.8, 4) is 0 Å².